The zero-order valence-electron chi connectivity index (χ0n) is 9.95. The molecule has 1 amide bonds. The van der Waals surface area contributed by atoms with Gasteiger partial charge in [0.05, 0.1) is 6.04 Å². The van der Waals surface area contributed by atoms with Gasteiger partial charge in [-0.1, -0.05) is 32.1 Å². The largest absolute Gasteiger partial charge is 0.352 e. The Morgan fingerprint density at radius 2 is 1.94 bits per heavy atom. The highest BCUT2D eigenvalue weighted by atomic mass is 35.5. The molecule has 0 spiro atoms. The monoisotopic (exact) mass is 246 g/mol. The van der Waals surface area contributed by atoms with Gasteiger partial charge in [-0.05, 0) is 25.2 Å². The highest BCUT2D eigenvalue weighted by molar-refractivity contribution is 5.85. The maximum atomic E-state index is 11.4. The molecule has 16 heavy (non-hydrogen) atoms. The van der Waals surface area contributed by atoms with E-state index in [0.717, 1.165) is 11.8 Å². The van der Waals surface area contributed by atoms with Gasteiger partial charge in [0, 0.05) is 6.04 Å². The maximum absolute atomic E-state index is 11.4. The summed E-state index contributed by atoms with van der Waals surface area (Å²) in [4.78, 5) is 11.4. The predicted octanol–water partition coefficient (Wildman–Crippen LogP) is 1.84. The van der Waals surface area contributed by atoms with Crippen LogP contribution in [0.4, 0.5) is 0 Å². The molecular formula is C12H23ClN2O. The van der Waals surface area contributed by atoms with E-state index in [4.69, 9.17) is 5.73 Å². The first-order chi connectivity index (χ1) is 7.18. The maximum Gasteiger partial charge on any atom is 0.236 e. The molecule has 3 N–H and O–H groups in total. The van der Waals surface area contributed by atoms with Crippen molar-refractivity contribution in [3.05, 3.63) is 0 Å². The number of nitrogens with one attached hydrogen (secondary N) is 1. The van der Waals surface area contributed by atoms with E-state index in [9.17, 15) is 4.79 Å². The number of nitrogens with two attached hydrogens (primary N) is 1. The summed E-state index contributed by atoms with van der Waals surface area (Å²) in [6, 6.07) is 0.0733. The van der Waals surface area contributed by atoms with Crippen LogP contribution in [-0.2, 0) is 4.79 Å². The van der Waals surface area contributed by atoms with Crippen molar-refractivity contribution in [1.29, 1.82) is 0 Å². The molecule has 4 heteroatoms. The van der Waals surface area contributed by atoms with Gasteiger partial charge in [0.2, 0.25) is 5.91 Å². The van der Waals surface area contributed by atoms with Crippen molar-refractivity contribution in [2.75, 3.05) is 0 Å². The molecule has 0 bridgehead atoms. The molecule has 0 heterocycles. The summed E-state index contributed by atoms with van der Waals surface area (Å²) in [5.74, 6) is 1.64. The molecule has 2 aliphatic rings. The van der Waals surface area contributed by atoms with E-state index in [2.05, 4.69) is 5.32 Å². The third-order valence-electron chi connectivity index (χ3n) is 3.84. The lowest BCUT2D eigenvalue weighted by Crippen LogP contribution is -2.40. The Balaban J connectivity index is 0.00000128. The summed E-state index contributed by atoms with van der Waals surface area (Å²) < 4.78 is 0. The van der Waals surface area contributed by atoms with Gasteiger partial charge in [-0.3, -0.25) is 4.79 Å². The van der Waals surface area contributed by atoms with Crippen molar-refractivity contribution >= 4 is 18.3 Å². The number of halogens is 1. The van der Waals surface area contributed by atoms with Crippen molar-refractivity contribution in [1.82, 2.24) is 5.32 Å². The molecule has 2 aliphatic carbocycles. The van der Waals surface area contributed by atoms with E-state index in [1.807, 2.05) is 0 Å². The molecule has 94 valence electrons. The quantitative estimate of drug-likeness (QED) is 0.799. The van der Waals surface area contributed by atoms with Gasteiger partial charge >= 0.3 is 0 Å². The van der Waals surface area contributed by atoms with Crippen LogP contribution >= 0.6 is 12.4 Å². The van der Waals surface area contributed by atoms with E-state index in [0.29, 0.717) is 6.04 Å². The molecule has 0 aromatic rings. The Labute approximate surface area is 104 Å². The zero-order valence-corrected chi connectivity index (χ0v) is 10.8. The Hall–Kier alpha value is -0.280. The molecular weight excluding hydrogens is 224 g/mol. The second-order valence-corrected chi connectivity index (χ2v) is 5.20. The fourth-order valence-corrected chi connectivity index (χ4v) is 2.78. The van der Waals surface area contributed by atoms with Crippen LogP contribution in [0.1, 0.15) is 45.4 Å². The smallest absolute Gasteiger partial charge is 0.236 e. The molecule has 2 fully saturated rings. The van der Waals surface area contributed by atoms with Crippen LogP contribution in [0.25, 0.3) is 0 Å². The third kappa shape index (κ3) is 3.36. The number of hydrogen-bond acceptors (Lipinski definition) is 2. The highest BCUT2D eigenvalue weighted by Crippen LogP contribution is 2.44. The fraction of sp³-hybridized carbons (Fsp3) is 0.917. The molecule has 3 nitrogen and oxygen atoms in total. The average Bonchev–Trinajstić information content (AvgIpc) is 2.98. The van der Waals surface area contributed by atoms with Crippen molar-refractivity contribution in [3.8, 4) is 0 Å². The second-order valence-electron chi connectivity index (χ2n) is 5.20. The van der Waals surface area contributed by atoms with Gasteiger partial charge in [-0.2, -0.15) is 0 Å². The predicted molar refractivity (Wildman–Crippen MR) is 67.5 cm³/mol. The Kier molecular flexibility index (Phi) is 5.06. The van der Waals surface area contributed by atoms with E-state index in [-0.39, 0.29) is 24.4 Å². The Bertz CT molecular complexity index is 239. The minimum absolute atomic E-state index is 0. The number of carbonyl (C=O) groups excluding carboxylic acids is 1. The fourth-order valence-electron chi connectivity index (χ4n) is 2.78. The SMILES string of the molecule is C[C@H](N)C(=O)NC1CC1C1CCCCC1.Cl. The number of rotatable bonds is 3. The number of hydrogen-bond donors (Lipinski definition) is 2. The van der Waals surface area contributed by atoms with Crippen LogP contribution in [0, 0.1) is 11.8 Å². The van der Waals surface area contributed by atoms with Crippen molar-refractivity contribution in [3.63, 3.8) is 0 Å². The van der Waals surface area contributed by atoms with Crippen LogP contribution in [0.3, 0.4) is 0 Å². The first-order valence-corrected chi connectivity index (χ1v) is 6.24. The van der Waals surface area contributed by atoms with E-state index in [1.54, 1.807) is 6.92 Å². The molecule has 2 saturated carbocycles. The standard InChI is InChI=1S/C12H22N2O.ClH/c1-8(13)12(15)14-11-7-10(11)9-5-3-2-4-6-9;/h8-11H,2-7,13H2,1H3,(H,14,15);1H/t8-,10?,11?;/m0./s1. The first kappa shape index (κ1) is 13.8. The van der Waals surface area contributed by atoms with Gasteiger partial charge in [0.25, 0.3) is 0 Å². The van der Waals surface area contributed by atoms with Crippen LogP contribution in [0.15, 0.2) is 0 Å². The van der Waals surface area contributed by atoms with Gasteiger partial charge < -0.3 is 11.1 Å². The molecule has 0 saturated heterocycles. The lowest BCUT2D eigenvalue weighted by molar-refractivity contribution is -0.122. The molecule has 0 radical (unpaired) electrons. The van der Waals surface area contributed by atoms with Crippen LogP contribution < -0.4 is 11.1 Å². The minimum Gasteiger partial charge on any atom is -0.352 e. The van der Waals surface area contributed by atoms with Crippen LogP contribution in [0.5, 0.6) is 0 Å². The van der Waals surface area contributed by atoms with Gasteiger partial charge in [0.15, 0.2) is 0 Å². The molecule has 3 atom stereocenters. The number of carbonyl (C=O) groups is 1. The molecule has 0 aliphatic heterocycles. The van der Waals surface area contributed by atoms with Gasteiger partial charge in [0.1, 0.15) is 0 Å². The van der Waals surface area contributed by atoms with Crippen molar-refractivity contribution in [2.45, 2.75) is 57.5 Å². The summed E-state index contributed by atoms with van der Waals surface area (Å²) >= 11 is 0. The van der Waals surface area contributed by atoms with E-state index < -0.39 is 0 Å². The first-order valence-electron chi connectivity index (χ1n) is 6.24. The molecule has 2 unspecified atom stereocenters. The summed E-state index contributed by atoms with van der Waals surface area (Å²) in [5, 5.41) is 3.04. The van der Waals surface area contributed by atoms with Crippen molar-refractivity contribution < 1.29 is 4.79 Å². The third-order valence-corrected chi connectivity index (χ3v) is 3.84. The Morgan fingerprint density at radius 3 is 2.50 bits per heavy atom. The highest BCUT2D eigenvalue weighted by Gasteiger charge is 2.43. The minimum atomic E-state index is -0.363. The van der Waals surface area contributed by atoms with Crippen LogP contribution in [0.2, 0.25) is 0 Å². The Morgan fingerprint density at radius 1 is 1.31 bits per heavy atom. The molecule has 0 aromatic carbocycles. The summed E-state index contributed by atoms with van der Waals surface area (Å²) in [6.45, 7) is 1.74. The topological polar surface area (TPSA) is 55.1 Å². The van der Waals surface area contributed by atoms with Crippen molar-refractivity contribution in [2.24, 2.45) is 17.6 Å². The lowest BCUT2D eigenvalue weighted by atomic mass is 9.85. The second kappa shape index (κ2) is 5.87. The zero-order chi connectivity index (χ0) is 10.8. The van der Waals surface area contributed by atoms with E-state index >= 15 is 0 Å². The van der Waals surface area contributed by atoms with E-state index in [1.165, 1.54) is 38.5 Å². The van der Waals surface area contributed by atoms with Crippen LogP contribution in [-0.4, -0.2) is 18.0 Å². The normalized spacial score (nSPS) is 31.4. The summed E-state index contributed by atoms with van der Waals surface area (Å²) in [6.07, 6.45) is 8.10. The average molecular weight is 247 g/mol. The van der Waals surface area contributed by atoms with Gasteiger partial charge in [-0.15, -0.1) is 12.4 Å². The van der Waals surface area contributed by atoms with Gasteiger partial charge in [-0.25, -0.2) is 0 Å². The summed E-state index contributed by atoms with van der Waals surface area (Å²) in [5.41, 5.74) is 5.52. The summed E-state index contributed by atoms with van der Waals surface area (Å²) in [7, 11) is 0. The number of amides is 1. The molecule has 0 aromatic heterocycles. The molecule has 2 rings (SSSR count). The lowest BCUT2D eigenvalue weighted by Gasteiger charge is -2.21.